The van der Waals surface area contributed by atoms with Gasteiger partial charge in [0.2, 0.25) is 5.91 Å². The monoisotopic (exact) mass is 335 g/mol. The third kappa shape index (κ3) is 3.50. The first kappa shape index (κ1) is 15.7. The molecule has 2 aliphatic rings. The van der Waals surface area contributed by atoms with Gasteiger partial charge in [0.25, 0.3) is 0 Å². The van der Waals surface area contributed by atoms with E-state index in [-0.39, 0.29) is 5.91 Å². The van der Waals surface area contributed by atoms with Gasteiger partial charge in [0, 0.05) is 44.9 Å². The molecule has 0 bridgehead atoms. The number of aromatic nitrogens is 1. The molecule has 3 heterocycles. The van der Waals surface area contributed by atoms with Gasteiger partial charge in [0.05, 0.1) is 6.61 Å². The van der Waals surface area contributed by atoms with E-state index in [4.69, 9.17) is 4.74 Å². The van der Waals surface area contributed by atoms with Crippen LogP contribution in [0.3, 0.4) is 0 Å². The summed E-state index contributed by atoms with van der Waals surface area (Å²) >= 11 is 0. The molecule has 5 nitrogen and oxygen atoms in total. The summed E-state index contributed by atoms with van der Waals surface area (Å²) in [5.41, 5.74) is 2.27. The average Bonchev–Trinajstić information content (AvgIpc) is 3.15. The molecule has 0 N–H and O–H groups in total. The van der Waals surface area contributed by atoms with E-state index < -0.39 is 0 Å². The zero-order valence-electron chi connectivity index (χ0n) is 14.1. The Labute approximate surface area is 147 Å². The predicted molar refractivity (Wildman–Crippen MR) is 97.7 cm³/mol. The normalized spacial score (nSPS) is 16.8. The van der Waals surface area contributed by atoms with Crippen LogP contribution >= 0.6 is 0 Å². The maximum absolute atomic E-state index is 12.4. The number of hydrogen-bond acceptors (Lipinski definition) is 4. The summed E-state index contributed by atoms with van der Waals surface area (Å²) in [7, 11) is 0. The number of carbonyl (C=O) groups excluding carboxylic acids is 1. The summed E-state index contributed by atoms with van der Waals surface area (Å²) in [6.07, 6.45) is 6.32. The van der Waals surface area contributed by atoms with Crippen LogP contribution in [0.2, 0.25) is 0 Å². The Morgan fingerprint density at radius 2 is 2.00 bits per heavy atom. The topological polar surface area (TPSA) is 45.7 Å². The number of anilines is 1. The first-order chi connectivity index (χ1) is 12.3. The number of pyridine rings is 1. The SMILES string of the molecule is O=C(/C=C/c1ccc2c(c1)CCO2)N1CCN(c2ccccn2)CC1. The van der Waals surface area contributed by atoms with Gasteiger partial charge in [-0.3, -0.25) is 4.79 Å². The molecule has 0 radical (unpaired) electrons. The smallest absolute Gasteiger partial charge is 0.246 e. The zero-order chi connectivity index (χ0) is 17.1. The minimum Gasteiger partial charge on any atom is -0.493 e. The number of amides is 1. The molecule has 2 aliphatic heterocycles. The second kappa shape index (κ2) is 6.97. The quantitative estimate of drug-likeness (QED) is 0.808. The molecule has 0 aliphatic carbocycles. The Hall–Kier alpha value is -2.82. The van der Waals surface area contributed by atoms with Crippen LogP contribution in [-0.4, -0.2) is 48.6 Å². The van der Waals surface area contributed by atoms with E-state index in [1.807, 2.05) is 41.3 Å². The van der Waals surface area contributed by atoms with Crippen molar-refractivity contribution in [3.8, 4) is 5.75 Å². The number of rotatable bonds is 3. The highest BCUT2D eigenvalue weighted by Crippen LogP contribution is 2.26. The molecule has 5 heteroatoms. The fourth-order valence-electron chi connectivity index (χ4n) is 3.28. The number of nitrogens with zero attached hydrogens (tertiary/aromatic N) is 3. The first-order valence-corrected chi connectivity index (χ1v) is 8.68. The third-order valence-electron chi connectivity index (χ3n) is 4.70. The summed E-state index contributed by atoms with van der Waals surface area (Å²) in [6.45, 7) is 3.82. The number of hydrogen-bond donors (Lipinski definition) is 0. The number of ether oxygens (including phenoxy) is 1. The van der Waals surface area contributed by atoms with Crippen LogP contribution in [-0.2, 0) is 11.2 Å². The molecule has 1 aromatic heterocycles. The van der Waals surface area contributed by atoms with Gasteiger partial charge >= 0.3 is 0 Å². The zero-order valence-corrected chi connectivity index (χ0v) is 14.1. The number of carbonyl (C=O) groups is 1. The molecule has 0 atom stereocenters. The molecular formula is C20H21N3O2. The molecule has 128 valence electrons. The number of fused-ring (bicyclic) bond motifs is 1. The van der Waals surface area contributed by atoms with Crippen LogP contribution in [0.15, 0.2) is 48.7 Å². The van der Waals surface area contributed by atoms with E-state index in [1.165, 1.54) is 5.56 Å². The standard InChI is InChI=1S/C20H21N3O2/c24-20(7-5-16-4-6-18-17(15-16)8-14-25-18)23-12-10-22(11-13-23)19-3-1-2-9-21-19/h1-7,9,15H,8,10-14H2/b7-5+. The van der Waals surface area contributed by atoms with Crippen molar-refractivity contribution in [2.45, 2.75) is 6.42 Å². The molecule has 0 saturated carbocycles. The minimum atomic E-state index is 0.0671. The van der Waals surface area contributed by atoms with Gasteiger partial charge in [-0.1, -0.05) is 12.1 Å². The summed E-state index contributed by atoms with van der Waals surface area (Å²) in [6, 6.07) is 12.0. The van der Waals surface area contributed by atoms with Crippen molar-refractivity contribution in [1.82, 2.24) is 9.88 Å². The Kier molecular flexibility index (Phi) is 4.37. The highest BCUT2D eigenvalue weighted by molar-refractivity contribution is 5.92. The van der Waals surface area contributed by atoms with Gasteiger partial charge in [-0.05, 0) is 41.5 Å². The first-order valence-electron chi connectivity index (χ1n) is 8.68. The fraction of sp³-hybridized carbons (Fsp3) is 0.300. The number of benzene rings is 1. The summed E-state index contributed by atoms with van der Waals surface area (Å²) in [4.78, 5) is 20.9. The molecule has 2 aromatic rings. The Morgan fingerprint density at radius 3 is 2.80 bits per heavy atom. The van der Waals surface area contributed by atoms with Crippen LogP contribution in [0.25, 0.3) is 6.08 Å². The second-order valence-electron chi connectivity index (χ2n) is 6.30. The average molecular weight is 335 g/mol. The van der Waals surface area contributed by atoms with Gasteiger partial charge < -0.3 is 14.5 Å². The predicted octanol–water partition coefficient (Wildman–Crippen LogP) is 2.38. The highest BCUT2D eigenvalue weighted by Gasteiger charge is 2.20. The lowest BCUT2D eigenvalue weighted by atomic mass is 10.1. The summed E-state index contributed by atoms with van der Waals surface area (Å²) < 4.78 is 5.51. The van der Waals surface area contributed by atoms with Crippen LogP contribution < -0.4 is 9.64 Å². The van der Waals surface area contributed by atoms with Crippen molar-refractivity contribution in [2.75, 3.05) is 37.7 Å². The summed E-state index contributed by atoms with van der Waals surface area (Å²) in [5.74, 6) is 2.01. The molecule has 1 amide bonds. The van der Waals surface area contributed by atoms with E-state index in [0.717, 1.165) is 56.3 Å². The van der Waals surface area contributed by atoms with Crippen molar-refractivity contribution < 1.29 is 9.53 Å². The lowest BCUT2D eigenvalue weighted by Gasteiger charge is -2.34. The minimum absolute atomic E-state index is 0.0671. The van der Waals surface area contributed by atoms with Crippen LogP contribution in [0, 0.1) is 0 Å². The van der Waals surface area contributed by atoms with Crippen LogP contribution in [0.5, 0.6) is 5.75 Å². The van der Waals surface area contributed by atoms with E-state index in [2.05, 4.69) is 16.0 Å². The summed E-state index contributed by atoms with van der Waals surface area (Å²) in [5, 5.41) is 0. The number of piperazine rings is 1. The lowest BCUT2D eigenvalue weighted by molar-refractivity contribution is -0.126. The molecule has 1 fully saturated rings. The third-order valence-corrected chi connectivity index (χ3v) is 4.70. The molecule has 1 saturated heterocycles. The molecule has 0 unspecified atom stereocenters. The van der Waals surface area contributed by atoms with E-state index in [0.29, 0.717) is 0 Å². The Balaban J connectivity index is 1.34. The molecule has 0 spiro atoms. The maximum atomic E-state index is 12.4. The van der Waals surface area contributed by atoms with Gasteiger partial charge in [0.15, 0.2) is 0 Å². The van der Waals surface area contributed by atoms with Gasteiger partial charge in [0.1, 0.15) is 11.6 Å². The van der Waals surface area contributed by atoms with E-state index in [1.54, 1.807) is 12.3 Å². The van der Waals surface area contributed by atoms with E-state index in [9.17, 15) is 4.79 Å². The largest absolute Gasteiger partial charge is 0.493 e. The van der Waals surface area contributed by atoms with E-state index >= 15 is 0 Å². The molecule has 25 heavy (non-hydrogen) atoms. The molecule has 4 rings (SSSR count). The van der Waals surface area contributed by atoms with Crippen molar-refractivity contribution in [1.29, 1.82) is 0 Å². The van der Waals surface area contributed by atoms with Crippen LogP contribution in [0.1, 0.15) is 11.1 Å². The lowest BCUT2D eigenvalue weighted by Crippen LogP contribution is -2.48. The maximum Gasteiger partial charge on any atom is 0.246 e. The molecular weight excluding hydrogens is 314 g/mol. The Morgan fingerprint density at radius 1 is 1.12 bits per heavy atom. The van der Waals surface area contributed by atoms with Crippen LogP contribution in [0.4, 0.5) is 5.82 Å². The van der Waals surface area contributed by atoms with Crippen molar-refractivity contribution >= 4 is 17.8 Å². The van der Waals surface area contributed by atoms with Gasteiger partial charge in [-0.25, -0.2) is 4.98 Å². The molecule has 1 aromatic carbocycles. The van der Waals surface area contributed by atoms with Gasteiger partial charge in [-0.2, -0.15) is 0 Å². The van der Waals surface area contributed by atoms with Crippen molar-refractivity contribution in [3.63, 3.8) is 0 Å². The van der Waals surface area contributed by atoms with Gasteiger partial charge in [-0.15, -0.1) is 0 Å². The highest BCUT2D eigenvalue weighted by atomic mass is 16.5. The van der Waals surface area contributed by atoms with Crippen molar-refractivity contribution in [3.05, 3.63) is 59.8 Å². The fourth-order valence-corrected chi connectivity index (χ4v) is 3.28. The second-order valence-corrected chi connectivity index (χ2v) is 6.30. The van der Waals surface area contributed by atoms with Crippen molar-refractivity contribution in [2.24, 2.45) is 0 Å². The Bertz CT molecular complexity index is 781.